The second-order valence-electron chi connectivity index (χ2n) is 4.50. The Balaban J connectivity index is 0.00000264. The molecule has 0 spiro atoms. The molecule has 0 aliphatic heterocycles. The van der Waals surface area contributed by atoms with Crippen molar-refractivity contribution in [2.75, 3.05) is 25.9 Å². The number of pyridine rings is 1. The first-order chi connectivity index (χ1) is 10.9. The number of nitrogens with zero attached hydrogens (tertiary/aromatic N) is 3. The van der Waals surface area contributed by atoms with Gasteiger partial charge in [0, 0.05) is 55.8 Å². The van der Waals surface area contributed by atoms with Crippen LogP contribution in [0.15, 0.2) is 45.3 Å². The summed E-state index contributed by atoms with van der Waals surface area (Å²) in [7, 11) is 1.79. The Morgan fingerprint density at radius 1 is 1.22 bits per heavy atom. The standard InChI is InChI=1S/C15H21N5S2.HI/c1-16-14(19-9-6-13-5-2-3-7-17-13)18-8-4-11-21-15-20-10-12-22-15;/h2-3,5,7,10,12H,4,6,8-9,11H2,1H3,(H2,16,18,19);1H. The maximum atomic E-state index is 4.30. The molecule has 0 saturated heterocycles. The molecule has 0 radical (unpaired) electrons. The molecule has 2 aromatic heterocycles. The summed E-state index contributed by atoms with van der Waals surface area (Å²) < 4.78 is 1.14. The molecule has 5 nitrogen and oxygen atoms in total. The topological polar surface area (TPSA) is 62.2 Å². The molecule has 0 bridgehead atoms. The second-order valence-corrected chi connectivity index (χ2v) is 6.73. The van der Waals surface area contributed by atoms with E-state index in [1.165, 1.54) is 0 Å². The SMILES string of the molecule is CN=C(NCCCSc1nccs1)NCCc1ccccn1.I. The summed E-state index contributed by atoms with van der Waals surface area (Å²) in [6, 6.07) is 5.98. The summed E-state index contributed by atoms with van der Waals surface area (Å²) in [6.45, 7) is 1.73. The van der Waals surface area contributed by atoms with E-state index < -0.39 is 0 Å². The molecule has 2 aromatic rings. The van der Waals surface area contributed by atoms with E-state index in [4.69, 9.17) is 0 Å². The Hall–Kier alpha value is -0.870. The zero-order chi connectivity index (χ0) is 15.5. The van der Waals surface area contributed by atoms with E-state index in [0.29, 0.717) is 0 Å². The van der Waals surface area contributed by atoms with Gasteiger partial charge in [0.25, 0.3) is 0 Å². The van der Waals surface area contributed by atoms with E-state index in [0.717, 1.165) is 47.7 Å². The largest absolute Gasteiger partial charge is 0.356 e. The number of nitrogens with one attached hydrogen (secondary N) is 2. The number of thioether (sulfide) groups is 1. The molecule has 0 unspecified atom stereocenters. The monoisotopic (exact) mass is 463 g/mol. The molecule has 0 aromatic carbocycles. The van der Waals surface area contributed by atoms with E-state index in [1.54, 1.807) is 30.1 Å². The number of thiazole rings is 1. The highest BCUT2D eigenvalue weighted by atomic mass is 127. The van der Waals surface area contributed by atoms with Gasteiger partial charge in [0.2, 0.25) is 0 Å². The average molecular weight is 463 g/mol. The highest BCUT2D eigenvalue weighted by Crippen LogP contribution is 2.20. The van der Waals surface area contributed by atoms with E-state index >= 15 is 0 Å². The van der Waals surface area contributed by atoms with Gasteiger partial charge in [-0.2, -0.15) is 0 Å². The molecular weight excluding hydrogens is 441 g/mol. The smallest absolute Gasteiger partial charge is 0.190 e. The number of hydrogen-bond donors (Lipinski definition) is 2. The molecule has 2 N–H and O–H groups in total. The molecular formula is C15H22IN5S2. The van der Waals surface area contributed by atoms with Crippen LogP contribution < -0.4 is 10.6 Å². The number of hydrogen-bond acceptors (Lipinski definition) is 5. The zero-order valence-electron chi connectivity index (χ0n) is 13.1. The highest BCUT2D eigenvalue weighted by Gasteiger charge is 1.99. The summed E-state index contributed by atoms with van der Waals surface area (Å²) in [5.74, 6) is 1.90. The molecule has 0 saturated carbocycles. The van der Waals surface area contributed by atoms with E-state index in [2.05, 4.69) is 25.6 Å². The number of rotatable bonds is 8. The van der Waals surface area contributed by atoms with Crippen LogP contribution in [-0.2, 0) is 6.42 Å². The summed E-state index contributed by atoms with van der Waals surface area (Å²) in [5, 5.41) is 8.64. The maximum absolute atomic E-state index is 4.30. The van der Waals surface area contributed by atoms with Crippen LogP contribution in [0.4, 0.5) is 0 Å². The maximum Gasteiger partial charge on any atom is 0.190 e. The first kappa shape index (κ1) is 20.2. The van der Waals surface area contributed by atoms with Crippen molar-refractivity contribution in [1.82, 2.24) is 20.6 Å². The van der Waals surface area contributed by atoms with Crippen LogP contribution in [0, 0.1) is 0 Å². The average Bonchev–Trinajstić information content (AvgIpc) is 3.07. The summed E-state index contributed by atoms with van der Waals surface area (Å²) in [4.78, 5) is 12.8. The Bertz CT molecular complexity index is 548. The molecule has 0 aliphatic carbocycles. The van der Waals surface area contributed by atoms with Crippen LogP contribution in [0.5, 0.6) is 0 Å². The normalized spacial score (nSPS) is 10.9. The predicted molar refractivity (Wildman–Crippen MR) is 110 cm³/mol. The lowest BCUT2D eigenvalue weighted by atomic mass is 10.3. The van der Waals surface area contributed by atoms with Crippen LogP contribution in [0.25, 0.3) is 0 Å². The molecule has 126 valence electrons. The fourth-order valence-electron chi connectivity index (χ4n) is 1.80. The van der Waals surface area contributed by atoms with E-state index in [1.807, 2.05) is 36.0 Å². The van der Waals surface area contributed by atoms with Gasteiger partial charge in [-0.05, 0) is 18.6 Å². The van der Waals surface area contributed by atoms with Gasteiger partial charge in [-0.1, -0.05) is 17.8 Å². The van der Waals surface area contributed by atoms with E-state index in [-0.39, 0.29) is 24.0 Å². The van der Waals surface area contributed by atoms with Gasteiger partial charge in [0.05, 0.1) is 0 Å². The Morgan fingerprint density at radius 2 is 2.09 bits per heavy atom. The summed E-state index contributed by atoms with van der Waals surface area (Å²) in [6.07, 6.45) is 5.63. The summed E-state index contributed by atoms with van der Waals surface area (Å²) in [5.41, 5.74) is 1.09. The highest BCUT2D eigenvalue weighted by molar-refractivity contribution is 14.0. The van der Waals surface area contributed by atoms with Crippen molar-refractivity contribution in [3.05, 3.63) is 41.7 Å². The molecule has 2 rings (SSSR count). The second kappa shape index (κ2) is 12.5. The molecule has 23 heavy (non-hydrogen) atoms. The first-order valence-corrected chi connectivity index (χ1v) is 9.11. The Labute approximate surface area is 162 Å². The minimum atomic E-state index is 0. The van der Waals surface area contributed by atoms with Crippen LogP contribution in [0.1, 0.15) is 12.1 Å². The van der Waals surface area contributed by atoms with Crippen molar-refractivity contribution in [2.45, 2.75) is 17.2 Å². The van der Waals surface area contributed by atoms with Crippen LogP contribution in [0.2, 0.25) is 0 Å². The van der Waals surface area contributed by atoms with Crippen molar-refractivity contribution >= 4 is 53.0 Å². The van der Waals surface area contributed by atoms with Crippen molar-refractivity contribution in [3.63, 3.8) is 0 Å². The van der Waals surface area contributed by atoms with Crippen LogP contribution in [0.3, 0.4) is 0 Å². The number of halogens is 1. The van der Waals surface area contributed by atoms with Gasteiger partial charge < -0.3 is 10.6 Å². The molecule has 0 fully saturated rings. The van der Waals surface area contributed by atoms with Gasteiger partial charge in [-0.25, -0.2) is 4.98 Å². The van der Waals surface area contributed by atoms with Crippen LogP contribution in [-0.4, -0.2) is 41.8 Å². The zero-order valence-corrected chi connectivity index (χ0v) is 17.0. The number of aliphatic imine (C=N–C) groups is 1. The Morgan fingerprint density at radius 3 is 2.78 bits per heavy atom. The molecule has 0 amide bonds. The van der Waals surface area contributed by atoms with Crippen molar-refractivity contribution < 1.29 is 0 Å². The fourth-order valence-corrected chi connectivity index (χ4v) is 3.44. The van der Waals surface area contributed by atoms with Crippen molar-refractivity contribution in [2.24, 2.45) is 4.99 Å². The van der Waals surface area contributed by atoms with Gasteiger partial charge >= 0.3 is 0 Å². The van der Waals surface area contributed by atoms with Crippen molar-refractivity contribution in [1.29, 1.82) is 0 Å². The van der Waals surface area contributed by atoms with Crippen LogP contribution >= 0.6 is 47.1 Å². The van der Waals surface area contributed by atoms with Gasteiger partial charge in [0.15, 0.2) is 5.96 Å². The van der Waals surface area contributed by atoms with Gasteiger partial charge in [0.1, 0.15) is 4.34 Å². The quantitative estimate of drug-likeness (QED) is 0.207. The lowest BCUT2D eigenvalue weighted by molar-refractivity contribution is 0.770. The van der Waals surface area contributed by atoms with E-state index in [9.17, 15) is 0 Å². The molecule has 2 heterocycles. The number of aromatic nitrogens is 2. The first-order valence-electron chi connectivity index (χ1n) is 7.25. The Kier molecular flexibility index (Phi) is 11.0. The molecule has 8 heteroatoms. The lowest BCUT2D eigenvalue weighted by Crippen LogP contribution is -2.38. The lowest BCUT2D eigenvalue weighted by Gasteiger charge is -2.11. The van der Waals surface area contributed by atoms with Gasteiger partial charge in [-0.15, -0.1) is 35.3 Å². The van der Waals surface area contributed by atoms with Gasteiger partial charge in [-0.3, -0.25) is 9.98 Å². The van der Waals surface area contributed by atoms with Crippen molar-refractivity contribution in [3.8, 4) is 0 Å². The summed E-state index contributed by atoms with van der Waals surface area (Å²) >= 11 is 3.49. The third-order valence-electron chi connectivity index (χ3n) is 2.87. The third-order valence-corrected chi connectivity index (χ3v) is 4.92. The molecule has 0 aliphatic rings. The minimum Gasteiger partial charge on any atom is -0.356 e. The number of guanidine groups is 1. The fraction of sp³-hybridized carbons (Fsp3) is 0.400. The minimum absolute atomic E-state index is 0. The third kappa shape index (κ3) is 8.52. The molecule has 0 atom stereocenters. The predicted octanol–water partition coefficient (Wildman–Crippen LogP) is 3.05.